The van der Waals surface area contributed by atoms with Crippen LogP contribution in [0.5, 0.6) is 0 Å². The molecule has 1 atom stereocenters. The van der Waals surface area contributed by atoms with E-state index in [1.165, 1.54) is 12.8 Å². The maximum absolute atomic E-state index is 12.1. The van der Waals surface area contributed by atoms with E-state index >= 15 is 0 Å². The molecule has 1 amide bonds. The molecule has 4 rings (SSSR count). The van der Waals surface area contributed by atoms with Gasteiger partial charge in [-0.1, -0.05) is 30.3 Å². The normalized spacial score (nSPS) is 15.6. The number of carbonyl (C=O) groups is 1. The number of anilines is 3. The lowest BCUT2D eigenvalue weighted by atomic mass is 10.1. The molecule has 0 saturated carbocycles. The first kappa shape index (κ1) is 33.4. The van der Waals surface area contributed by atoms with E-state index in [0.29, 0.717) is 17.8 Å². The first-order valence-corrected chi connectivity index (χ1v) is 10.6. The highest BCUT2D eigenvalue weighted by molar-refractivity contribution is 5.85. The molecular formula is C21H50ClN11O. The molecule has 0 radical (unpaired) electrons. The molecule has 202 valence electrons. The molecule has 13 heteroatoms. The third-order valence-electron chi connectivity index (χ3n) is 5.58. The predicted molar refractivity (Wildman–Crippen MR) is 150 cm³/mol. The Kier molecular flexibility index (Phi) is 15.7. The number of halogens is 1. The van der Waals surface area contributed by atoms with Gasteiger partial charge in [-0.2, -0.15) is 15.0 Å². The van der Waals surface area contributed by atoms with Gasteiger partial charge >= 0.3 is 0 Å². The lowest BCUT2D eigenvalue weighted by Gasteiger charge is -2.30. The van der Waals surface area contributed by atoms with Crippen LogP contribution < -0.4 is 45.5 Å². The van der Waals surface area contributed by atoms with E-state index in [0.717, 1.165) is 57.4 Å². The minimum Gasteiger partial charge on any atom is -0.368 e. The van der Waals surface area contributed by atoms with Crippen LogP contribution in [0, 0.1) is 0 Å². The molecule has 15 N–H and O–H groups in total. The molecule has 0 aliphatic carbocycles. The highest BCUT2D eigenvalue weighted by Crippen LogP contribution is 2.24. The third kappa shape index (κ3) is 8.22. The Morgan fingerprint density at radius 1 is 0.794 bits per heavy atom. The first-order valence-electron chi connectivity index (χ1n) is 10.6. The van der Waals surface area contributed by atoms with E-state index in [4.69, 9.17) is 10.7 Å². The highest BCUT2D eigenvalue weighted by Gasteiger charge is 2.23. The topological polar surface area (TPSA) is 240 Å². The molecule has 1 aromatic carbocycles. The number of aromatic nitrogens is 3. The summed E-state index contributed by atoms with van der Waals surface area (Å²) in [7, 11) is 0. The summed E-state index contributed by atoms with van der Waals surface area (Å²) in [6.45, 7) is 3.78. The summed E-state index contributed by atoms with van der Waals surface area (Å²) in [6.07, 6.45) is 7.04. The van der Waals surface area contributed by atoms with Crippen LogP contribution in [0.25, 0.3) is 0 Å². The SMILES string of the molecule is Cl.N.N.N.N.NC(=O)C(Nc1nc(N2CCCCC2)nc(N2CCCCC2)n1)c1ccccc1.[HH].[HH].[HH].[HH]. The molecule has 3 heterocycles. The second kappa shape index (κ2) is 16.0. The summed E-state index contributed by atoms with van der Waals surface area (Å²) in [6, 6.07) is 8.74. The van der Waals surface area contributed by atoms with Crippen LogP contribution in [-0.4, -0.2) is 47.0 Å². The Morgan fingerprint density at radius 2 is 1.24 bits per heavy atom. The second-order valence-electron chi connectivity index (χ2n) is 7.74. The van der Waals surface area contributed by atoms with Crippen LogP contribution in [-0.2, 0) is 4.79 Å². The number of carbonyl (C=O) groups excluding carboxylic acids is 1. The van der Waals surface area contributed by atoms with Gasteiger partial charge in [-0.3, -0.25) is 4.79 Å². The Bertz CT molecular complexity index is 813. The van der Waals surface area contributed by atoms with Crippen molar-refractivity contribution < 1.29 is 10.5 Å². The van der Waals surface area contributed by atoms with Crippen molar-refractivity contribution in [3.63, 3.8) is 0 Å². The number of rotatable bonds is 6. The van der Waals surface area contributed by atoms with E-state index < -0.39 is 11.9 Å². The van der Waals surface area contributed by atoms with Crippen LogP contribution in [0.2, 0.25) is 0 Å². The molecule has 1 unspecified atom stereocenters. The molecule has 1 aromatic heterocycles. The van der Waals surface area contributed by atoms with E-state index in [9.17, 15) is 4.79 Å². The van der Waals surface area contributed by atoms with Gasteiger partial charge in [0.25, 0.3) is 0 Å². The number of nitrogens with two attached hydrogens (primary N) is 1. The van der Waals surface area contributed by atoms with Gasteiger partial charge in [-0.05, 0) is 44.1 Å². The first-order chi connectivity index (χ1) is 14.2. The standard InChI is InChI=1S/C21H29N7O.ClH.4H3N.4H2/c22-18(29)17(16-10-4-1-5-11-16)23-19-24-20(27-12-6-2-7-13-27)26-21(25-19)28-14-8-3-9-15-28;;;;;;;;;/h1,4-5,10-11,17H,2-3,6-9,12-15H2,(H2,22,29)(H,23,24,25,26);1H;4*1H3;4*1H. The average molecular weight is 508 g/mol. The fraction of sp³-hybridized carbons (Fsp3) is 0.524. The van der Waals surface area contributed by atoms with Crippen LogP contribution >= 0.6 is 12.4 Å². The number of benzene rings is 1. The predicted octanol–water partition coefficient (Wildman–Crippen LogP) is 4.54. The smallest absolute Gasteiger partial charge is 0.244 e. The number of piperidine rings is 2. The Morgan fingerprint density at radius 3 is 1.65 bits per heavy atom. The molecule has 34 heavy (non-hydrogen) atoms. The van der Waals surface area contributed by atoms with Crippen LogP contribution in [0.4, 0.5) is 17.8 Å². The summed E-state index contributed by atoms with van der Waals surface area (Å²) in [5, 5.41) is 3.16. The Hall–Kier alpha value is -2.77. The van der Waals surface area contributed by atoms with Crippen molar-refractivity contribution in [1.29, 1.82) is 0 Å². The second-order valence-corrected chi connectivity index (χ2v) is 7.74. The van der Waals surface area contributed by atoms with Crippen molar-refractivity contribution in [1.82, 2.24) is 39.6 Å². The van der Waals surface area contributed by atoms with E-state index in [1.807, 2.05) is 30.3 Å². The summed E-state index contributed by atoms with van der Waals surface area (Å²) in [4.78, 5) is 30.7. The fourth-order valence-electron chi connectivity index (χ4n) is 3.98. The number of hydrogen-bond donors (Lipinski definition) is 6. The van der Waals surface area contributed by atoms with Crippen molar-refractivity contribution in [3.8, 4) is 0 Å². The number of hydrogen-bond acceptors (Lipinski definition) is 11. The van der Waals surface area contributed by atoms with Gasteiger partial charge in [0, 0.05) is 31.9 Å². The zero-order chi connectivity index (χ0) is 20.1. The van der Waals surface area contributed by atoms with Crippen molar-refractivity contribution in [2.75, 3.05) is 41.3 Å². The number of nitrogens with one attached hydrogen (secondary N) is 1. The molecule has 12 nitrogen and oxygen atoms in total. The highest BCUT2D eigenvalue weighted by atomic mass is 35.5. The molecular weight excluding hydrogens is 458 g/mol. The zero-order valence-electron chi connectivity index (χ0n) is 20.0. The minimum absolute atomic E-state index is 0. The largest absolute Gasteiger partial charge is 0.368 e. The molecule has 0 bridgehead atoms. The van der Waals surface area contributed by atoms with Crippen LogP contribution in [0.3, 0.4) is 0 Å². The quantitative estimate of drug-likeness (QED) is 0.316. The van der Waals surface area contributed by atoms with Crippen LogP contribution in [0.1, 0.15) is 55.8 Å². The van der Waals surface area contributed by atoms with Gasteiger partial charge in [0.2, 0.25) is 23.8 Å². The molecule has 2 aromatic rings. The van der Waals surface area contributed by atoms with E-state index in [-0.39, 0.29) is 42.7 Å². The summed E-state index contributed by atoms with van der Waals surface area (Å²) < 4.78 is 0. The van der Waals surface area contributed by atoms with Gasteiger partial charge in [-0.25, -0.2) is 0 Å². The lowest BCUT2D eigenvalue weighted by Crippen LogP contribution is -2.35. The Labute approximate surface area is 214 Å². The molecule has 2 aliphatic heterocycles. The molecule has 2 fully saturated rings. The van der Waals surface area contributed by atoms with Gasteiger partial charge in [0.05, 0.1) is 0 Å². The minimum atomic E-state index is -0.693. The number of nitrogens with zero attached hydrogens (tertiary/aromatic N) is 5. The maximum atomic E-state index is 12.1. The lowest BCUT2D eigenvalue weighted by molar-refractivity contribution is -0.118. The van der Waals surface area contributed by atoms with Gasteiger partial charge in [-0.15, -0.1) is 12.4 Å². The van der Waals surface area contributed by atoms with E-state index in [2.05, 4.69) is 25.1 Å². The van der Waals surface area contributed by atoms with Crippen molar-refractivity contribution in [3.05, 3.63) is 35.9 Å². The summed E-state index contributed by atoms with van der Waals surface area (Å²) in [5.41, 5.74) is 6.48. The number of primary amides is 1. The van der Waals surface area contributed by atoms with Crippen LogP contribution in [0.15, 0.2) is 30.3 Å². The monoisotopic (exact) mass is 507 g/mol. The maximum Gasteiger partial charge on any atom is 0.244 e. The van der Waals surface area contributed by atoms with Crippen molar-refractivity contribution >= 4 is 36.2 Å². The fourth-order valence-corrected chi connectivity index (χ4v) is 3.98. The summed E-state index contributed by atoms with van der Waals surface area (Å²) in [5.74, 6) is 1.29. The van der Waals surface area contributed by atoms with Gasteiger partial charge in [0.1, 0.15) is 6.04 Å². The molecule has 0 spiro atoms. The number of amides is 1. The third-order valence-corrected chi connectivity index (χ3v) is 5.58. The summed E-state index contributed by atoms with van der Waals surface area (Å²) >= 11 is 0. The zero-order valence-corrected chi connectivity index (χ0v) is 20.8. The van der Waals surface area contributed by atoms with E-state index in [1.54, 1.807) is 0 Å². The van der Waals surface area contributed by atoms with Gasteiger partial charge < -0.3 is 45.5 Å². The molecule has 2 aliphatic rings. The van der Waals surface area contributed by atoms with Gasteiger partial charge in [0.15, 0.2) is 0 Å². The molecule has 2 saturated heterocycles. The van der Waals surface area contributed by atoms with Crippen molar-refractivity contribution in [2.24, 2.45) is 5.73 Å². The van der Waals surface area contributed by atoms with Crippen molar-refractivity contribution in [2.45, 2.75) is 44.6 Å². The average Bonchev–Trinajstić information content (AvgIpc) is 2.79. The Balaban J connectivity index is -0.000000284.